The molecule has 3 heterocycles. The van der Waals surface area contributed by atoms with Crippen molar-refractivity contribution in [3.63, 3.8) is 0 Å². The zero-order valence-corrected chi connectivity index (χ0v) is 12.3. The molecule has 1 N–H and O–H groups in total. The van der Waals surface area contributed by atoms with Crippen molar-refractivity contribution in [2.75, 3.05) is 36.0 Å². The summed E-state index contributed by atoms with van der Waals surface area (Å²) < 4.78 is 0. The van der Waals surface area contributed by atoms with Crippen LogP contribution in [0.4, 0.5) is 11.6 Å². The first-order chi connectivity index (χ1) is 11.2. The van der Waals surface area contributed by atoms with Crippen molar-refractivity contribution in [2.45, 2.75) is 0 Å². The number of rotatable bonds is 3. The van der Waals surface area contributed by atoms with Crippen molar-refractivity contribution in [1.82, 2.24) is 15.0 Å². The molecular weight excluding hydrogens is 296 g/mol. The van der Waals surface area contributed by atoms with Crippen LogP contribution in [0.2, 0.25) is 0 Å². The van der Waals surface area contributed by atoms with Gasteiger partial charge in [-0.15, -0.1) is 0 Å². The number of carboxylic acids is 1. The highest BCUT2D eigenvalue weighted by atomic mass is 16.4. The van der Waals surface area contributed by atoms with Crippen molar-refractivity contribution in [3.8, 4) is 6.07 Å². The second-order valence-corrected chi connectivity index (χ2v) is 5.03. The molecule has 1 fully saturated rings. The second-order valence-electron chi connectivity index (χ2n) is 5.03. The summed E-state index contributed by atoms with van der Waals surface area (Å²) in [7, 11) is 0. The Morgan fingerprint density at radius 1 is 1.13 bits per heavy atom. The Kier molecular flexibility index (Phi) is 4.01. The number of carbonyl (C=O) groups is 1. The van der Waals surface area contributed by atoms with E-state index in [2.05, 4.69) is 25.9 Å². The van der Waals surface area contributed by atoms with Gasteiger partial charge >= 0.3 is 5.97 Å². The van der Waals surface area contributed by atoms with Crippen molar-refractivity contribution >= 4 is 17.6 Å². The molecule has 0 aromatic carbocycles. The van der Waals surface area contributed by atoms with Gasteiger partial charge in [0, 0.05) is 32.4 Å². The van der Waals surface area contributed by atoms with Gasteiger partial charge in [-0.3, -0.25) is 0 Å². The van der Waals surface area contributed by atoms with E-state index in [1.54, 1.807) is 18.3 Å². The van der Waals surface area contributed by atoms with Gasteiger partial charge < -0.3 is 14.9 Å². The lowest BCUT2D eigenvalue weighted by Gasteiger charge is -2.36. The van der Waals surface area contributed by atoms with Crippen LogP contribution in [0.15, 0.2) is 30.7 Å². The van der Waals surface area contributed by atoms with Gasteiger partial charge in [-0.1, -0.05) is 0 Å². The Hall–Kier alpha value is -3.21. The fraction of sp³-hybridized carbons (Fsp3) is 0.267. The van der Waals surface area contributed by atoms with Crippen LogP contribution in [0, 0.1) is 11.3 Å². The summed E-state index contributed by atoms with van der Waals surface area (Å²) in [5, 5.41) is 18.0. The van der Waals surface area contributed by atoms with Gasteiger partial charge in [0.25, 0.3) is 0 Å². The van der Waals surface area contributed by atoms with E-state index in [0.29, 0.717) is 43.4 Å². The van der Waals surface area contributed by atoms with E-state index >= 15 is 0 Å². The smallest absolute Gasteiger partial charge is 0.356 e. The summed E-state index contributed by atoms with van der Waals surface area (Å²) in [5.41, 5.74) is 0.492. The first-order valence-corrected chi connectivity index (χ1v) is 7.09. The molecule has 1 saturated heterocycles. The molecule has 1 aliphatic heterocycles. The lowest BCUT2D eigenvalue weighted by Crippen LogP contribution is -2.47. The number of hydrogen-bond donors (Lipinski definition) is 1. The minimum Gasteiger partial charge on any atom is -0.476 e. The Morgan fingerprint density at radius 2 is 1.87 bits per heavy atom. The van der Waals surface area contributed by atoms with Gasteiger partial charge in [-0.05, 0) is 12.1 Å². The Morgan fingerprint density at radius 3 is 2.48 bits per heavy atom. The van der Waals surface area contributed by atoms with Crippen LogP contribution in [0.5, 0.6) is 0 Å². The average molecular weight is 310 g/mol. The quantitative estimate of drug-likeness (QED) is 0.886. The van der Waals surface area contributed by atoms with E-state index in [-0.39, 0.29) is 5.69 Å². The van der Waals surface area contributed by atoms with Crippen LogP contribution in [-0.4, -0.2) is 52.2 Å². The highest BCUT2D eigenvalue weighted by Crippen LogP contribution is 2.20. The molecule has 0 spiro atoms. The molecule has 1 aliphatic rings. The third-order valence-corrected chi connectivity index (χ3v) is 3.67. The summed E-state index contributed by atoms with van der Waals surface area (Å²) in [6.07, 6.45) is 4.41. The molecule has 0 saturated carbocycles. The van der Waals surface area contributed by atoms with Crippen molar-refractivity contribution in [1.29, 1.82) is 5.26 Å². The van der Waals surface area contributed by atoms with Crippen LogP contribution >= 0.6 is 0 Å². The first-order valence-electron chi connectivity index (χ1n) is 7.09. The van der Waals surface area contributed by atoms with Crippen LogP contribution in [-0.2, 0) is 0 Å². The molecule has 8 nitrogen and oxygen atoms in total. The highest BCUT2D eigenvalue weighted by Gasteiger charge is 2.21. The molecule has 8 heteroatoms. The number of aromatic nitrogens is 3. The fourth-order valence-corrected chi connectivity index (χ4v) is 2.48. The topological polar surface area (TPSA) is 106 Å². The van der Waals surface area contributed by atoms with E-state index in [9.17, 15) is 4.79 Å². The number of pyridine rings is 1. The molecule has 0 bridgehead atoms. The van der Waals surface area contributed by atoms with E-state index < -0.39 is 5.97 Å². The minimum atomic E-state index is -1.09. The van der Waals surface area contributed by atoms with Gasteiger partial charge in [0.2, 0.25) is 0 Å². The fourth-order valence-electron chi connectivity index (χ4n) is 2.48. The number of nitriles is 1. The van der Waals surface area contributed by atoms with E-state index in [1.165, 1.54) is 12.4 Å². The largest absolute Gasteiger partial charge is 0.476 e. The third-order valence-electron chi connectivity index (χ3n) is 3.67. The number of piperazine rings is 1. The molecular formula is C15H14N6O2. The number of hydrogen-bond acceptors (Lipinski definition) is 7. The molecule has 0 atom stereocenters. The monoisotopic (exact) mass is 310 g/mol. The predicted molar refractivity (Wildman–Crippen MR) is 82.4 cm³/mol. The zero-order valence-electron chi connectivity index (χ0n) is 12.3. The molecule has 2 aromatic heterocycles. The van der Waals surface area contributed by atoms with E-state index in [0.717, 1.165) is 0 Å². The zero-order chi connectivity index (χ0) is 16.2. The van der Waals surface area contributed by atoms with Crippen LogP contribution < -0.4 is 9.80 Å². The molecule has 2 aromatic rings. The van der Waals surface area contributed by atoms with Crippen molar-refractivity contribution < 1.29 is 9.90 Å². The summed E-state index contributed by atoms with van der Waals surface area (Å²) in [4.78, 5) is 27.2. The summed E-state index contributed by atoms with van der Waals surface area (Å²) in [6.45, 7) is 2.80. The highest BCUT2D eigenvalue weighted by molar-refractivity contribution is 5.84. The molecule has 3 rings (SSSR count). The van der Waals surface area contributed by atoms with Crippen molar-refractivity contribution in [2.24, 2.45) is 0 Å². The Balaban J connectivity index is 1.69. The second kappa shape index (κ2) is 6.27. The lowest BCUT2D eigenvalue weighted by molar-refractivity contribution is 0.0690. The standard InChI is InChI=1S/C15H14N6O2/c16-8-11-2-1-3-17-14(11)21-6-4-20(5-7-21)13-10-18-12(9-19-13)15(22)23/h1-3,9-10H,4-7H2,(H,22,23). The number of carboxylic acid groups (broad SMARTS) is 1. The van der Waals surface area contributed by atoms with Crippen LogP contribution in [0.3, 0.4) is 0 Å². The normalized spacial score (nSPS) is 14.4. The predicted octanol–water partition coefficient (Wildman–Crippen LogP) is 0.768. The third kappa shape index (κ3) is 3.03. The maximum Gasteiger partial charge on any atom is 0.356 e. The molecule has 0 radical (unpaired) electrons. The van der Waals surface area contributed by atoms with Crippen LogP contribution in [0.1, 0.15) is 16.1 Å². The molecule has 0 aliphatic carbocycles. The molecule has 23 heavy (non-hydrogen) atoms. The number of nitrogens with zero attached hydrogens (tertiary/aromatic N) is 6. The molecule has 116 valence electrons. The van der Waals surface area contributed by atoms with Gasteiger partial charge in [-0.2, -0.15) is 5.26 Å². The number of anilines is 2. The SMILES string of the molecule is N#Cc1cccnc1N1CCN(c2cnc(C(=O)O)cn2)CC1. The maximum atomic E-state index is 10.8. The average Bonchev–Trinajstić information content (AvgIpc) is 2.62. The van der Waals surface area contributed by atoms with E-state index in [4.69, 9.17) is 10.4 Å². The van der Waals surface area contributed by atoms with E-state index in [1.807, 2.05) is 4.90 Å². The summed E-state index contributed by atoms with van der Waals surface area (Å²) in [6, 6.07) is 5.66. The summed E-state index contributed by atoms with van der Waals surface area (Å²) in [5.74, 6) is 0.256. The van der Waals surface area contributed by atoms with Crippen molar-refractivity contribution in [3.05, 3.63) is 42.0 Å². The lowest BCUT2D eigenvalue weighted by atomic mass is 10.2. The molecule has 0 amide bonds. The number of aromatic carboxylic acids is 1. The van der Waals surface area contributed by atoms with Gasteiger partial charge in [0.15, 0.2) is 5.69 Å². The Labute approximate surface area is 132 Å². The summed E-state index contributed by atoms with van der Waals surface area (Å²) >= 11 is 0. The van der Waals surface area contributed by atoms with Gasteiger partial charge in [0.05, 0.1) is 18.0 Å². The minimum absolute atomic E-state index is 0.0699. The van der Waals surface area contributed by atoms with Crippen LogP contribution in [0.25, 0.3) is 0 Å². The molecule has 0 unspecified atom stereocenters. The van der Waals surface area contributed by atoms with Gasteiger partial charge in [-0.25, -0.2) is 19.7 Å². The maximum absolute atomic E-state index is 10.8. The first kappa shape index (κ1) is 14.7. The van der Waals surface area contributed by atoms with Gasteiger partial charge in [0.1, 0.15) is 17.7 Å². The Bertz CT molecular complexity index is 747.